The van der Waals surface area contributed by atoms with E-state index >= 15 is 0 Å². The second-order valence-electron chi connectivity index (χ2n) is 6.01. The Labute approximate surface area is 184 Å². The maximum absolute atomic E-state index is 12.3. The van der Waals surface area contributed by atoms with Crippen LogP contribution in [0.3, 0.4) is 0 Å². The summed E-state index contributed by atoms with van der Waals surface area (Å²) in [6, 6.07) is 8.87. The summed E-state index contributed by atoms with van der Waals surface area (Å²) in [5.74, 6) is -1.03. The van der Waals surface area contributed by atoms with Crippen LogP contribution < -0.4 is 5.32 Å². The summed E-state index contributed by atoms with van der Waals surface area (Å²) in [5.41, 5.74) is 1.62. The van der Waals surface area contributed by atoms with Crippen LogP contribution >= 0.6 is 34.3 Å². The number of amides is 1. The lowest BCUT2D eigenvalue weighted by molar-refractivity contribution is -0.146. The highest BCUT2D eigenvalue weighted by Gasteiger charge is 2.14. The lowest BCUT2D eigenvalue weighted by Crippen LogP contribution is -2.22. The van der Waals surface area contributed by atoms with Gasteiger partial charge in [-0.2, -0.15) is 5.10 Å². The number of ether oxygens (including phenoxy) is 1. The molecule has 0 unspecified atom stereocenters. The standard InChI is InChI=1S/C19H14ClN5O3S2/c20-12-3-4-15(25-11-21-10-22-25)14(6-12)24-17(26)8-28-18(27)7-13-9-30-19(23-13)16-2-1-5-29-16/h1-6,9-11H,7-8H2,(H,24,26). The summed E-state index contributed by atoms with van der Waals surface area (Å²) in [4.78, 5) is 33.7. The minimum Gasteiger partial charge on any atom is -0.455 e. The molecule has 3 heterocycles. The van der Waals surface area contributed by atoms with Crippen molar-refractivity contribution in [1.29, 1.82) is 0 Å². The van der Waals surface area contributed by atoms with Crippen molar-refractivity contribution in [3.63, 3.8) is 0 Å². The van der Waals surface area contributed by atoms with Crippen molar-refractivity contribution in [1.82, 2.24) is 19.7 Å². The zero-order chi connectivity index (χ0) is 20.9. The molecular weight excluding hydrogens is 446 g/mol. The van der Waals surface area contributed by atoms with E-state index in [0.29, 0.717) is 22.1 Å². The Bertz CT molecular complexity index is 1160. The molecular formula is C19H14ClN5O3S2. The van der Waals surface area contributed by atoms with Crippen LogP contribution in [0, 0.1) is 0 Å². The number of carbonyl (C=O) groups excluding carboxylic acids is 2. The molecule has 0 aliphatic carbocycles. The van der Waals surface area contributed by atoms with E-state index in [1.54, 1.807) is 29.5 Å². The van der Waals surface area contributed by atoms with E-state index in [0.717, 1.165) is 9.88 Å². The number of esters is 1. The summed E-state index contributed by atoms with van der Waals surface area (Å²) in [5, 5.41) is 11.8. The van der Waals surface area contributed by atoms with Crippen molar-refractivity contribution in [3.8, 4) is 15.6 Å². The summed E-state index contributed by atoms with van der Waals surface area (Å²) in [7, 11) is 0. The average Bonchev–Trinajstić information content (AvgIpc) is 3.48. The number of aromatic nitrogens is 4. The molecule has 8 nitrogen and oxygen atoms in total. The summed E-state index contributed by atoms with van der Waals surface area (Å²) in [6.07, 6.45) is 2.87. The van der Waals surface area contributed by atoms with Gasteiger partial charge in [0.25, 0.3) is 5.91 Å². The van der Waals surface area contributed by atoms with E-state index in [4.69, 9.17) is 16.3 Å². The first-order chi connectivity index (χ1) is 14.6. The van der Waals surface area contributed by atoms with Gasteiger partial charge in [0.2, 0.25) is 0 Å². The maximum Gasteiger partial charge on any atom is 0.312 e. The molecule has 11 heteroatoms. The minimum absolute atomic E-state index is 0.00345. The van der Waals surface area contributed by atoms with Crippen LogP contribution in [-0.4, -0.2) is 38.2 Å². The molecule has 4 rings (SSSR count). The summed E-state index contributed by atoms with van der Waals surface area (Å²) < 4.78 is 6.58. The predicted molar refractivity (Wildman–Crippen MR) is 115 cm³/mol. The van der Waals surface area contributed by atoms with Gasteiger partial charge in [0.05, 0.1) is 28.4 Å². The number of rotatable bonds is 7. The zero-order valence-electron chi connectivity index (χ0n) is 15.3. The molecule has 0 spiro atoms. The van der Waals surface area contributed by atoms with E-state index in [2.05, 4.69) is 20.4 Å². The second-order valence-corrected chi connectivity index (χ2v) is 8.25. The number of hydrogen-bond acceptors (Lipinski definition) is 8. The van der Waals surface area contributed by atoms with Crippen molar-refractivity contribution < 1.29 is 14.3 Å². The normalized spacial score (nSPS) is 10.7. The molecule has 3 aromatic heterocycles. The zero-order valence-corrected chi connectivity index (χ0v) is 17.7. The van der Waals surface area contributed by atoms with Gasteiger partial charge in [-0.05, 0) is 29.6 Å². The van der Waals surface area contributed by atoms with E-state index in [1.807, 2.05) is 22.9 Å². The van der Waals surface area contributed by atoms with E-state index < -0.39 is 18.5 Å². The Morgan fingerprint density at radius 3 is 2.90 bits per heavy atom. The van der Waals surface area contributed by atoms with Crippen molar-refractivity contribution >= 4 is 51.8 Å². The molecule has 0 atom stereocenters. The Balaban J connectivity index is 1.33. The van der Waals surface area contributed by atoms with Crippen LogP contribution in [0.15, 0.2) is 53.7 Å². The molecule has 30 heavy (non-hydrogen) atoms. The number of nitrogens with zero attached hydrogens (tertiary/aromatic N) is 4. The first-order valence-corrected chi connectivity index (χ1v) is 10.8. The number of thiophene rings is 1. The van der Waals surface area contributed by atoms with Gasteiger partial charge in [-0.15, -0.1) is 22.7 Å². The molecule has 1 N–H and O–H groups in total. The molecule has 152 valence electrons. The molecule has 1 amide bonds. The first kappa shape index (κ1) is 20.2. The van der Waals surface area contributed by atoms with Gasteiger partial charge < -0.3 is 10.1 Å². The van der Waals surface area contributed by atoms with Gasteiger partial charge in [0.15, 0.2) is 6.61 Å². The Morgan fingerprint density at radius 2 is 2.13 bits per heavy atom. The van der Waals surface area contributed by atoms with Gasteiger partial charge in [0, 0.05) is 10.4 Å². The Morgan fingerprint density at radius 1 is 1.23 bits per heavy atom. The van der Waals surface area contributed by atoms with E-state index in [9.17, 15) is 9.59 Å². The fourth-order valence-electron chi connectivity index (χ4n) is 2.57. The average molecular weight is 460 g/mol. The highest BCUT2D eigenvalue weighted by Crippen LogP contribution is 2.28. The second kappa shape index (κ2) is 9.16. The molecule has 1 aromatic carbocycles. The molecule has 0 saturated carbocycles. The van der Waals surface area contributed by atoms with E-state index in [1.165, 1.54) is 28.7 Å². The van der Waals surface area contributed by atoms with Crippen LogP contribution in [-0.2, 0) is 20.7 Å². The van der Waals surface area contributed by atoms with E-state index in [-0.39, 0.29) is 6.42 Å². The maximum atomic E-state index is 12.3. The van der Waals surface area contributed by atoms with Gasteiger partial charge in [-0.1, -0.05) is 17.7 Å². The molecule has 4 aromatic rings. The number of benzene rings is 1. The van der Waals surface area contributed by atoms with Gasteiger partial charge in [-0.25, -0.2) is 14.6 Å². The largest absolute Gasteiger partial charge is 0.455 e. The van der Waals surface area contributed by atoms with Crippen molar-refractivity contribution in [2.75, 3.05) is 11.9 Å². The summed E-state index contributed by atoms with van der Waals surface area (Å²) >= 11 is 9.08. The fraction of sp³-hybridized carbons (Fsp3) is 0.105. The topological polar surface area (TPSA) is 99.0 Å². The Kier molecular flexibility index (Phi) is 6.17. The van der Waals surface area contributed by atoms with Crippen LogP contribution in [0.1, 0.15) is 5.69 Å². The molecule has 0 bridgehead atoms. The molecule has 0 fully saturated rings. The summed E-state index contributed by atoms with van der Waals surface area (Å²) in [6.45, 7) is -0.427. The lowest BCUT2D eigenvalue weighted by Gasteiger charge is -2.11. The van der Waals surface area contributed by atoms with Gasteiger partial charge in [-0.3, -0.25) is 9.59 Å². The van der Waals surface area contributed by atoms with Crippen molar-refractivity contribution in [2.24, 2.45) is 0 Å². The fourth-order valence-corrected chi connectivity index (χ4v) is 4.38. The number of thiazole rings is 1. The van der Waals surface area contributed by atoms with Crippen LogP contribution in [0.4, 0.5) is 5.69 Å². The highest BCUT2D eigenvalue weighted by molar-refractivity contribution is 7.20. The SMILES string of the molecule is O=C(COC(=O)Cc1csc(-c2cccs2)n1)Nc1cc(Cl)ccc1-n1cncn1. The predicted octanol–water partition coefficient (Wildman–Crippen LogP) is 3.83. The van der Waals surface area contributed by atoms with Crippen LogP contribution in [0.2, 0.25) is 5.02 Å². The van der Waals surface area contributed by atoms with Crippen LogP contribution in [0.25, 0.3) is 15.6 Å². The monoisotopic (exact) mass is 459 g/mol. The molecule has 0 aliphatic rings. The molecule has 0 saturated heterocycles. The van der Waals surface area contributed by atoms with Gasteiger partial charge >= 0.3 is 5.97 Å². The molecule has 0 radical (unpaired) electrons. The Hall–Kier alpha value is -3.08. The number of halogens is 1. The number of nitrogens with one attached hydrogen (secondary N) is 1. The smallest absolute Gasteiger partial charge is 0.312 e. The first-order valence-electron chi connectivity index (χ1n) is 8.67. The quantitative estimate of drug-likeness (QED) is 0.422. The number of carbonyl (C=O) groups is 2. The van der Waals surface area contributed by atoms with Crippen LogP contribution in [0.5, 0.6) is 0 Å². The molecule has 0 aliphatic heterocycles. The number of anilines is 1. The highest BCUT2D eigenvalue weighted by atomic mass is 35.5. The third-order valence-electron chi connectivity index (χ3n) is 3.87. The van der Waals surface area contributed by atoms with Gasteiger partial charge in [0.1, 0.15) is 17.7 Å². The third kappa shape index (κ3) is 4.90. The van der Waals surface area contributed by atoms with Crippen molar-refractivity contribution in [2.45, 2.75) is 6.42 Å². The minimum atomic E-state index is -0.532. The lowest BCUT2D eigenvalue weighted by atomic mass is 10.2. The number of hydrogen-bond donors (Lipinski definition) is 1. The third-order valence-corrected chi connectivity index (χ3v) is 6.04. The van der Waals surface area contributed by atoms with Crippen molar-refractivity contribution in [3.05, 3.63) is 64.5 Å².